The van der Waals surface area contributed by atoms with E-state index in [1.807, 2.05) is 0 Å². The molecule has 1 fully saturated rings. The third kappa shape index (κ3) is 5.18. The van der Waals surface area contributed by atoms with E-state index in [4.69, 9.17) is 11.6 Å². The number of nitrogens with zero attached hydrogens (tertiary/aromatic N) is 3. The summed E-state index contributed by atoms with van der Waals surface area (Å²) in [5.41, 5.74) is 3.16. The first-order chi connectivity index (χ1) is 20.2. The van der Waals surface area contributed by atoms with E-state index in [1.165, 1.54) is 16.8 Å². The molecule has 42 heavy (non-hydrogen) atoms. The van der Waals surface area contributed by atoms with Gasteiger partial charge in [-0.15, -0.1) is 0 Å². The summed E-state index contributed by atoms with van der Waals surface area (Å²) in [6.07, 6.45) is 4.58. The summed E-state index contributed by atoms with van der Waals surface area (Å²) in [6.45, 7) is 2.27. The molecule has 214 valence electrons. The molecule has 0 bridgehead atoms. The molecule has 2 aliphatic rings. The average Bonchev–Trinajstić information content (AvgIpc) is 3.56. The van der Waals surface area contributed by atoms with Crippen LogP contribution in [0.1, 0.15) is 83.7 Å². The molecule has 12 heteroatoms. The van der Waals surface area contributed by atoms with Crippen LogP contribution in [-0.4, -0.2) is 49.9 Å². The zero-order chi connectivity index (χ0) is 29.5. The van der Waals surface area contributed by atoms with Gasteiger partial charge in [-0.05, 0) is 73.4 Å². The summed E-state index contributed by atoms with van der Waals surface area (Å²) >= 11 is 6.21. The van der Waals surface area contributed by atoms with Gasteiger partial charge in [0.1, 0.15) is 17.0 Å². The summed E-state index contributed by atoms with van der Waals surface area (Å²) in [5, 5.41) is 22.7. The lowest BCUT2D eigenvalue weighted by Gasteiger charge is -2.16. The Morgan fingerprint density at radius 3 is 2.55 bits per heavy atom. The van der Waals surface area contributed by atoms with Crippen molar-refractivity contribution in [3.8, 4) is 0 Å². The maximum atomic E-state index is 13.7. The summed E-state index contributed by atoms with van der Waals surface area (Å²) in [5.74, 6) is -2.10. The maximum Gasteiger partial charge on any atom is 0.335 e. The molecule has 3 amide bonds. The second kappa shape index (κ2) is 10.9. The number of rotatable bonds is 8. The summed E-state index contributed by atoms with van der Waals surface area (Å²) in [6, 6.07) is 11.0. The van der Waals surface area contributed by atoms with Gasteiger partial charge < -0.3 is 21.1 Å². The van der Waals surface area contributed by atoms with Gasteiger partial charge in [0.15, 0.2) is 5.65 Å². The Morgan fingerprint density at radius 2 is 1.81 bits per heavy atom. The predicted molar refractivity (Wildman–Crippen MR) is 154 cm³/mol. The second-order valence-electron chi connectivity index (χ2n) is 10.6. The quantitative estimate of drug-likeness (QED) is 0.241. The smallest absolute Gasteiger partial charge is 0.335 e. The van der Waals surface area contributed by atoms with E-state index in [0.29, 0.717) is 41.6 Å². The minimum Gasteiger partial charge on any atom is -0.478 e. The van der Waals surface area contributed by atoms with Crippen molar-refractivity contribution in [3.05, 3.63) is 92.9 Å². The number of halogens is 1. The molecule has 0 spiro atoms. The Bertz CT molecular complexity index is 1780. The fourth-order valence-corrected chi connectivity index (χ4v) is 5.48. The highest BCUT2D eigenvalue weighted by Gasteiger charge is 2.30. The van der Waals surface area contributed by atoms with E-state index in [1.54, 1.807) is 43.3 Å². The highest BCUT2D eigenvalue weighted by molar-refractivity contribution is 6.34. The van der Waals surface area contributed by atoms with Crippen LogP contribution in [0.2, 0.25) is 5.02 Å². The number of nitrogens with one attached hydrogen (secondary N) is 3. The zero-order valence-corrected chi connectivity index (χ0v) is 23.4. The van der Waals surface area contributed by atoms with Crippen LogP contribution in [0.5, 0.6) is 0 Å². The van der Waals surface area contributed by atoms with Gasteiger partial charge in [0.05, 0.1) is 28.5 Å². The first-order valence-corrected chi connectivity index (χ1v) is 14.0. The number of carbonyl (C=O) groups is 4. The van der Waals surface area contributed by atoms with Crippen LogP contribution < -0.4 is 16.0 Å². The summed E-state index contributed by atoms with van der Waals surface area (Å²) < 4.78 is 1.24. The van der Waals surface area contributed by atoms with Crippen LogP contribution in [0.4, 0.5) is 5.69 Å². The van der Waals surface area contributed by atoms with Gasteiger partial charge >= 0.3 is 5.97 Å². The topological polar surface area (TPSA) is 155 Å². The van der Waals surface area contributed by atoms with E-state index in [-0.39, 0.29) is 34.2 Å². The Balaban J connectivity index is 1.34. The van der Waals surface area contributed by atoms with Crippen LogP contribution >= 0.6 is 11.6 Å². The number of carbonyl (C=O) groups excluding carboxylic acids is 3. The number of benzene rings is 2. The van der Waals surface area contributed by atoms with Crippen LogP contribution in [-0.2, 0) is 6.42 Å². The molecule has 0 radical (unpaired) electrons. The number of amides is 3. The van der Waals surface area contributed by atoms with Crippen LogP contribution in [0, 0.1) is 12.8 Å². The number of hydrogen-bond donors (Lipinski definition) is 4. The van der Waals surface area contributed by atoms with Gasteiger partial charge in [0.25, 0.3) is 17.7 Å². The van der Waals surface area contributed by atoms with Crippen molar-refractivity contribution in [3.63, 3.8) is 0 Å². The van der Waals surface area contributed by atoms with Gasteiger partial charge in [-0.2, -0.15) is 5.10 Å². The van der Waals surface area contributed by atoms with Gasteiger partial charge in [-0.3, -0.25) is 14.4 Å². The normalized spacial score (nSPS) is 15.7. The van der Waals surface area contributed by atoms with Gasteiger partial charge in [-0.25, -0.2) is 14.3 Å². The van der Waals surface area contributed by atoms with Crippen molar-refractivity contribution < 1.29 is 24.3 Å². The van der Waals surface area contributed by atoms with Crippen molar-refractivity contribution in [1.29, 1.82) is 0 Å². The molecular weight excluding hydrogens is 560 g/mol. The predicted octanol–water partition coefficient (Wildman–Crippen LogP) is 4.20. The molecule has 6 rings (SSSR count). The van der Waals surface area contributed by atoms with Crippen molar-refractivity contribution in [1.82, 2.24) is 25.2 Å². The lowest BCUT2D eigenvalue weighted by Crippen LogP contribution is -2.31. The molecule has 0 unspecified atom stereocenters. The minimum atomic E-state index is -0.998. The standard InChI is InChI=1S/C30H27ClN6O5/c1-15-17-10-11-22(19(17)9-8-18(15)30(41)42)35-29(40)25-12-24(28(39)32-13-16-6-7-16)34-26-20(14-33-37(25)26)27(38)36-23-5-3-2-4-21(23)31/h2-5,8-9,12,14,16,22H,6-7,10-11,13H2,1H3,(H,32,39)(H,35,40)(H,36,38)(H,41,42)/t22-/m0/s1. The summed E-state index contributed by atoms with van der Waals surface area (Å²) in [4.78, 5) is 56.0. The monoisotopic (exact) mass is 586 g/mol. The SMILES string of the molecule is Cc1c(C(=O)O)ccc2c1CC[C@@H]2NC(=O)c1cc(C(=O)NCC2CC2)nc2c(C(=O)Nc3ccccc3Cl)cnn12. The van der Waals surface area contributed by atoms with Crippen LogP contribution in [0.25, 0.3) is 5.65 Å². The second-order valence-corrected chi connectivity index (χ2v) is 11.0. The molecule has 2 aromatic heterocycles. The number of fused-ring (bicyclic) bond motifs is 2. The number of aromatic nitrogens is 3. The lowest BCUT2D eigenvalue weighted by molar-refractivity contribution is 0.0695. The lowest BCUT2D eigenvalue weighted by atomic mass is 9.98. The largest absolute Gasteiger partial charge is 0.478 e. The fourth-order valence-electron chi connectivity index (χ4n) is 5.30. The molecule has 0 aliphatic heterocycles. The minimum absolute atomic E-state index is 0.0191. The molecule has 2 aromatic carbocycles. The first kappa shape index (κ1) is 27.4. The Kier molecular flexibility index (Phi) is 7.11. The molecule has 1 atom stereocenters. The highest BCUT2D eigenvalue weighted by Crippen LogP contribution is 2.35. The van der Waals surface area contributed by atoms with E-state index >= 15 is 0 Å². The first-order valence-electron chi connectivity index (χ1n) is 13.6. The Labute approximate surface area is 245 Å². The fraction of sp³-hybridized carbons (Fsp3) is 0.267. The van der Waals surface area contributed by atoms with E-state index in [0.717, 1.165) is 24.0 Å². The molecule has 4 aromatic rings. The van der Waals surface area contributed by atoms with Crippen molar-refractivity contribution in [2.45, 2.75) is 38.6 Å². The number of carboxylic acid groups (broad SMARTS) is 1. The number of anilines is 1. The van der Waals surface area contributed by atoms with E-state index in [9.17, 15) is 24.3 Å². The number of para-hydroxylation sites is 1. The maximum absolute atomic E-state index is 13.7. The summed E-state index contributed by atoms with van der Waals surface area (Å²) in [7, 11) is 0. The van der Waals surface area contributed by atoms with Gasteiger partial charge in [0.2, 0.25) is 0 Å². The third-order valence-electron chi connectivity index (χ3n) is 7.78. The molecule has 0 saturated heterocycles. The van der Waals surface area contributed by atoms with Crippen molar-refractivity contribution >= 4 is 46.6 Å². The van der Waals surface area contributed by atoms with Crippen molar-refractivity contribution in [2.24, 2.45) is 5.92 Å². The third-order valence-corrected chi connectivity index (χ3v) is 8.11. The molecular formula is C30H27ClN6O5. The number of carboxylic acids is 1. The van der Waals surface area contributed by atoms with Crippen LogP contribution in [0.15, 0.2) is 48.7 Å². The number of hydrogen-bond acceptors (Lipinski definition) is 6. The number of aromatic carboxylic acids is 1. The molecule has 2 heterocycles. The van der Waals surface area contributed by atoms with E-state index < -0.39 is 23.7 Å². The Hall–Kier alpha value is -4.77. The Morgan fingerprint density at radius 1 is 1.02 bits per heavy atom. The molecule has 4 N–H and O–H groups in total. The van der Waals surface area contributed by atoms with Gasteiger partial charge in [0, 0.05) is 12.6 Å². The molecule has 11 nitrogen and oxygen atoms in total. The van der Waals surface area contributed by atoms with Crippen molar-refractivity contribution in [2.75, 3.05) is 11.9 Å². The molecule has 1 saturated carbocycles. The average molecular weight is 587 g/mol. The highest BCUT2D eigenvalue weighted by atomic mass is 35.5. The zero-order valence-electron chi connectivity index (χ0n) is 22.6. The van der Waals surface area contributed by atoms with Crippen LogP contribution in [0.3, 0.4) is 0 Å². The van der Waals surface area contributed by atoms with E-state index in [2.05, 4.69) is 26.0 Å². The van der Waals surface area contributed by atoms with Gasteiger partial charge in [-0.1, -0.05) is 29.8 Å². The molecule has 2 aliphatic carbocycles.